The van der Waals surface area contributed by atoms with Crippen LogP contribution in [0.15, 0.2) is 23.5 Å². The second kappa shape index (κ2) is 9.06. The predicted molar refractivity (Wildman–Crippen MR) is 98.1 cm³/mol. The van der Waals surface area contributed by atoms with E-state index in [1.807, 2.05) is 16.9 Å². The maximum Gasteiger partial charge on any atom is 0.191 e. The molecule has 1 fully saturated rings. The van der Waals surface area contributed by atoms with Crippen molar-refractivity contribution in [3.63, 3.8) is 0 Å². The first-order valence-electron chi connectivity index (χ1n) is 9.12. The van der Waals surface area contributed by atoms with E-state index < -0.39 is 0 Å². The monoisotopic (exact) mass is 335 g/mol. The molecule has 0 aromatic carbocycles. The maximum absolute atomic E-state index is 6.06. The van der Waals surface area contributed by atoms with Crippen LogP contribution < -0.4 is 10.6 Å². The molecule has 1 aliphatic rings. The van der Waals surface area contributed by atoms with E-state index in [-0.39, 0.29) is 11.5 Å². The summed E-state index contributed by atoms with van der Waals surface area (Å²) in [4.78, 5) is 4.80. The van der Waals surface area contributed by atoms with Crippen LogP contribution >= 0.6 is 0 Å². The molecule has 1 saturated heterocycles. The fourth-order valence-corrected chi connectivity index (χ4v) is 3.26. The zero-order valence-electron chi connectivity index (χ0n) is 15.6. The summed E-state index contributed by atoms with van der Waals surface area (Å²) < 4.78 is 7.97. The fourth-order valence-electron chi connectivity index (χ4n) is 3.26. The third-order valence-electron chi connectivity index (χ3n) is 4.32. The molecule has 2 atom stereocenters. The average Bonchev–Trinajstić information content (AvgIpc) is 3.05. The molecule has 2 rings (SSSR count). The number of hydrogen-bond acceptors (Lipinski definition) is 3. The molecule has 0 saturated carbocycles. The molecule has 2 unspecified atom stereocenters. The molecule has 0 amide bonds. The highest BCUT2D eigenvalue weighted by Gasteiger charge is 2.35. The van der Waals surface area contributed by atoms with Gasteiger partial charge >= 0.3 is 0 Å². The lowest BCUT2D eigenvalue weighted by atomic mass is 9.78. The number of aliphatic imine (C=N–C) groups is 1. The molecule has 2 heterocycles. The van der Waals surface area contributed by atoms with Crippen molar-refractivity contribution in [3.8, 4) is 0 Å². The fraction of sp³-hybridized carbons (Fsp3) is 0.778. The molecule has 1 aromatic heterocycles. The molecule has 0 aliphatic carbocycles. The van der Waals surface area contributed by atoms with Crippen molar-refractivity contribution in [2.24, 2.45) is 16.3 Å². The number of guanidine groups is 1. The minimum absolute atomic E-state index is 0.159. The zero-order valence-corrected chi connectivity index (χ0v) is 15.6. The first kappa shape index (κ1) is 18.8. The highest BCUT2D eigenvalue weighted by atomic mass is 16.5. The van der Waals surface area contributed by atoms with Crippen LogP contribution in [0.2, 0.25) is 0 Å². The summed E-state index contributed by atoms with van der Waals surface area (Å²) >= 11 is 0. The van der Waals surface area contributed by atoms with Crippen molar-refractivity contribution in [2.45, 2.75) is 53.2 Å². The highest BCUT2D eigenvalue weighted by Crippen LogP contribution is 2.34. The van der Waals surface area contributed by atoms with Gasteiger partial charge in [0.05, 0.1) is 12.6 Å². The molecule has 1 aliphatic heterocycles. The van der Waals surface area contributed by atoms with E-state index in [2.05, 4.69) is 43.4 Å². The van der Waals surface area contributed by atoms with Crippen LogP contribution in [-0.2, 0) is 11.3 Å². The molecule has 6 nitrogen and oxygen atoms in total. The Morgan fingerprint density at radius 1 is 1.38 bits per heavy atom. The third kappa shape index (κ3) is 5.82. The van der Waals surface area contributed by atoms with Gasteiger partial charge in [0.2, 0.25) is 0 Å². The van der Waals surface area contributed by atoms with E-state index in [4.69, 9.17) is 9.73 Å². The van der Waals surface area contributed by atoms with E-state index in [0.717, 1.165) is 45.2 Å². The summed E-state index contributed by atoms with van der Waals surface area (Å²) in [6.07, 6.45) is 6.38. The molecular formula is C18H33N5O. The Hall–Kier alpha value is -1.56. The molecule has 0 radical (unpaired) electrons. The van der Waals surface area contributed by atoms with Crippen molar-refractivity contribution in [3.05, 3.63) is 18.5 Å². The smallest absolute Gasteiger partial charge is 0.191 e. The molecule has 2 N–H and O–H groups in total. The van der Waals surface area contributed by atoms with Crippen LogP contribution in [-0.4, -0.2) is 48.1 Å². The Kier molecular flexibility index (Phi) is 7.09. The van der Waals surface area contributed by atoms with Crippen LogP contribution in [0.1, 0.15) is 40.5 Å². The van der Waals surface area contributed by atoms with E-state index in [9.17, 15) is 0 Å². The Bertz CT molecular complexity index is 492. The summed E-state index contributed by atoms with van der Waals surface area (Å²) in [5.74, 6) is 1.36. The van der Waals surface area contributed by atoms with Crippen molar-refractivity contribution in [1.29, 1.82) is 0 Å². The minimum Gasteiger partial charge on any atom is -0.377 e. The highest BCUT2D eigenvalue weighted by molar-refractivity contribution is 5.79. The number of nitrogens with zero attached hydrogens (tertiary/aromatic N) is 3. The third-order valence-corrected chi connectivity index (χ3v) is 4.32. The summed E-state index contributed by atoms with van der Waals surface area (Å²) in [5, 5.41) is 10.9. The lowest BCUT2D eigenvalue weighted by Gasteiger charge is -2.39. The van der Waals surface area contributed by atoms with Gasteiger partial charge in [0.15, 0.2) is 5.96 Å². The van der Waals surface area contributed by atoms with Gasteiger partial charge in [-0.2, -0.15) is 5.10 Å². The van der Waals surface area contributed by atoms with Gasteiger partial charge in [-0.1, -0.05) is 20.8 Å². The van der Waals surface area contributed by atoms with E-state index in [0.29, 0.717) is 5.92 Å². The molecule has 24 heavy (non-hydrogen) atoms. The number of hydrogen-bond donors (Lipinski definition) is 2. The molecule has 0 spiro atoms. The SMILES string of the molecule is CCNC(=NCC1CCCOC1C(C)(C)C)NCCn1cccn1. The number of nitrogens with one attached hydrogen (secondary N) is 2. The summed E-state index contributed by atoms with van der Waals surface area (Å²) in [6.45, 7) is 13.0. The normalized spacial score (nSPS) is 22.4. The van der Waals surface area contributed by atoms with Gasteiger partial charge in [0.25, 0.3) is 0 Å². The lowest BCUT2D eigenvalue weighted by molar-refractivity contribution is -0.0823. The van der Waals surface area contributed by atoms with E-state index >= 15 is 0 Å². The van der Waals surface area contributed by atoms with Gasteiger partial charge in [-0.3, -0.25) is 9.67 Å². The van der Waals surface area contributed by atoms with Crippen molar-refractivity contribution >= 4 is 5.96 Å². The van der Waals surface area contributed by atoms with Gasteiger partial charge in [0, 0.05) is 44.6 Å². The standard InChI is InChI=1S/C18H33N5O/c1-5-19-17(20-10-12-23-11-7-9-22-23)21-14-15-8-6-13-24-16(15)18(2,3)4/h7,9,11,15-16H,5-6,8,10,12-14H2,1-4H3,(H2,19,20,21). The lowest BCUT2D eigenvalue weighted by Crippen LogP contribution is -2.43. The van der Waals surface area contributed by atoms with Gasteiger partial charge in [0.1, 0.15) is 0 Å². The Morgan fingerprint density at radius 2 is 2.21 bits per heavy atom. The molecule has 136 valence electrons. The van der Waals surface area contributed by atoms with Gasteiger partial charge in [-0.25, -0.2) is 0 Å². The first-order valence-corrected chi connectivity index (χ1v) is 9.12. The topological polar surface area (TPSA) is 63.5 Å². The first-order chi connectivity index (χ1) is 11.5. The van der Waals surface area contributed by atoms with Crippen LogP contribution in [0.25, 0.3) is 0 Å². The maximum atomic E-state index is 6.06. The second-order valence-corrected chi connectivity index (χ2v) is 7.48. The van der Waals surface area contributed by atoms with E-state index in [1.54, 1.807) is 6.20 Å². The van der Waals surface area contributed by atoms with Crippen LogP contribution in [0.3, 0.4) is 0 Å². The molecular weight excluding hydrogens is 302 g/mol. The Labute approximate surface area is 146 Å². The molecule has 1 aromatic rings. The largest absolute Gasteiger partial charge is 0.377 e. The van der Waals surface area contributed by atoms with Crippen molar-refractivity contribution in [2.75, 3.05) is 26.2 Å². The zero-order chi connectivity index (χ0) is 17.4. The summed E-state index contributed by atoms with van der Waals surface area (Å²) in [7, 11) is 0. The van der Waals surface area contributed by atoms with Crippen LogP contribution in [0.5, 0.6) is 0 Å². The molecule has 0 bridgehead atoms. The van der Waals surface area contributed by atoms with Crippen molar-refractivity contribution < 1.29 is 4.74 Å². The van der Waals surface area contributed by atoms with E-state index in [1.165, 1.54) is 6.42 Å². The number of aromatic nitrogens is 2. The Balaban J connectivity index is 1.88. The summed E-state index contributed by atoms with van der Waals surface area (Å²) in [6, 6.07) is 1.94. The van der Waals surface area contributed by atoms with Gasteiger partial charge < -0.3 is 15.4 Å². The number of ether oxygens (including phenoxy) is 1. The Morgan fingerprint density at radius 3 is 2.88 bits per heavy atom. The second-order valence-electron chi connectivity index (χ2n) is 7.48. The van der Waals surface area contributed by atoms with Crippen molar-refractivity contribution in [1.82, 2.24) is 20.4 Å². The average molecular weight is 335 g/mol. The number of rotatable bonds is 6. The predicted octanol–water partition coefficient (Wildman–Crippen LogP) is 2.28. The van der Waals surface area contributed by atoms with Gasteiger partial charge in [-0.05, 0) is 31.2 Å². The van der Waals surface area contributed by atoms with Crippen LogP contribution in [0, 0.1) is 11.3 Å². The molecule has 6 heteroatoms. The van der Waals surface area contributed by atoms with Gasteiger partial charge in [-0.15, -0.1) is 0 Å². The van der Waals surface area contributed by atoms with Crippen LogP contribution in [0.4, 0.5) is 0 Å². The summed E-state index contributed by atoms with van der Waals surface area (Å²) in [5.41, 5.74) is 0.159. The quantitative estimate of drug-likeness (QED) is 0.618. The minimum atomic E-state index is 0.159.